The van der Waals surface area contributed by atoms with Crippen LogP contribution in [0.4, 0.5) is 32.4 Å². The largest absolute Gasteiger partial charge is 0.493 e. The van der Waals surface area contributed by atoms with Crippen molar-refractivity contribution in [2.24, 2.45) is 5.92 Å². The van der Waals surface area contributed by atoms with Gasteiger partial charge in [0.15, 0.2) is 22.2 Å². The lowest BCUT2D eigenvalue weighted by Gasteiger charge is -2.32. The van der Waals surface area contributed by atoms with Gasteiger partial charge in [-0.25, -0.2) is 18.5 Å². The molecule has 1 saturated heterocycles. The van der Waals surface area contributed by atoms with Gasteiger partial charge in [-0.15, -0.1) is 0 Å². The number of benzene rings is 1. The summed E-state index contributed by atoms with van der Waals surface area (Å²) in [7, 11) is -4.31. The molecule has 4 atom stereocenters. The fourth-order valence-electron chi connectivity index (χ4n) is 4.38. The van der Waals surface area contributed by atoms with Gasteiger partial charge in [0.2, 0.25) is 5.82 Å². The molecule has 2 aromatic rings. The lowest BCUT2D eigenvalue weighted by Crippen LogP contribution is -2.47. The van der Waals surface area contributed by atoms with Crippen LogP contribution in [0.15, 0.2) is 35.5 Å². The second kappa shape index (κ2) is 11.3. The summed E-state index contributed by atoms with van der Waals surface area (Å²) < 4.78 is 135. The van der Waals surface area contributed by atoms with Crippen LogP contribution in [-0.4, -0.2) is 67.3 Å². The summed E-state index contributed by atoms with van der Waals surface area (Å²) in [5.74, 6) is -8.00. The third kappa shape index (κ3) is 6.14. The molecule has 0 spiro atoms. The third-order valence-electron chi connectivity index (χ3n) is 6.64. The van der Waals surface area contributed by atoms with Crippen molar-refractivity contribution in [3.63, 3.8) is 0 Å². The number of hydrogen-bond donors (Lipinski definition) is 1. The highest BCUT2D eigenvalue weighted by molar-refractivity contribution is 7.89. The molecule has 0 bridgehead atoms. The van der Waals surface area contributed by atoms with E-state index in [4.69, 9.17) is 18.3 Å². The molecule has 1 aromatic carbocycles. The molecule has 0 aliphatic carbocycles. The van der Waals surface area contributed by atoms with Crippen molar-refractivity contribution in [2.75, 3.05) is 19.4 Å². The average molecular weight is 627 g/mol. The predicted octanol–water partition coefficient (Wildman–Crippen LogP) is 5.00. The van der Waals surface area contributed by atoms with E-state index in [1.807, 2.05) is 0 Å². The molecule has 232 valence electrons. The summed E-state index contributed by atoms with van der Waals surface area (Å²) >= 11 is 0. The molecule has 3 rings (SSSR count). The Labute approximate surface area is 243 Å². The molecule has 0 saturated carbocycles. The zero-order chi connectivity index (χ0) is 34.5. The summed E-state index contributed by atoms with van der Waals surface area (Å²) in [4.78, 5) is 29.7. The Balaban J connectivity index is 2.06. The normalized spacial score (nSPS) is 24.3. The lowest BCUT2D eigenvalue weighted by molar-refractivity contribution is -0.272. The van der Waals surface area contributed by atoms with E-state index in [0.29, 0.717) is 19.1 Å². The van der Waals surface area contributed by atoms with Crippen molar-refractivity contribution in [1.82, 2.24) is 9.29 Å². The lowest BCUT2D eigenvalue weighted by atomic mass is 9.77. The van der Waals surface area contributed by atoms with E-state index in [1.54, 1.807) is 0 Å². The van der Waals surface area contributed by atoms with Crippen molar-refractivity contribution < 1.29 is 58.3 Å². The molecule has 2 heterocycles. The second-order valence-corrected chi connectivity index (χ2v) is 12.3. The Morgan fingerprint density at radius 3 is 2.38 bits per heavy atom. The molecule has 1 aliphatic rings. The molecular formula is C26H30F5N3O7S. The first-order valence-corrected chi connectivity index (χ1v) is 13.6. The molecule has 1 fully saturated rings. The van der Waals surface area contributed by atoms with Crippen LogP contribution in [0, 0.1) is 17.6 Å². The van der Waals surface area contributed by atoms with Crippen LogP contribution in [0.1, 0.15) is 50.2 Å². The standard InChI is InChI=1S/C26H30F5N3O7S/c1-13-18(15-8-9-16(27)19(28)20(15)39-7)21(40-25(13,5)26(29,30)31)22(35)33-14-10-11-32-17(12-14)42(37,38)34(6)23(36)41-24(2,3)4/h8-13,18,21H,1-7H3,(H,32,33,35)/t13-,18-,21+,25+/m0/s1/i6D3. The molecule has 1 aliphatic heterocycles. The van der Waals surface area contributed by atoms with Crippen molar-refractivity contribution in [1.29, 1.82) is 0 Å². The summed E-state index contributed by atoms with van der Waals surface area (Å²) in [5, 5.41) is 1.15. The first-order valence-electron chi connectivity index (χ1n) is 13.7. The van der Waals surface area contributed by atoms with Crippen LogP contribution in [-0.2, 0) is 24.3 Å². The number of halogens is 5. The van der Waals surface area contributed by atoms with Crippen molar-refractivity contribution >= 4 is 27.7 Å². The molecule has 2 amide bonds. The maximum absolute atomic E-state index is 14.6. The number of methoxy groups -OCH3 is 1. The quantitative estimate of drug-likeness (QED) is 0.445. The summed E-state index contributed by atoms with van der Waals surface area (Å²) in [6.07, 6.45) is -7.98. The van der Waals surface area contributed by atoms with Gasteiger partial charge in [-0.2, -0.15) is 26.0 Å². The van der Waals surface area contributed by atoms with Crippen molar-refractivity contribution in [2.45, 2.75) is 69.0 Å². The number of nitrogens with zero attached hydrogens (tertiary/aromatic N) is 2. The topological polar surface area (TPSA) is 124 Å². The monoisotopic (exact) mass is 626 g/mol. The minimum absolute atomic E-state index is 0.305. The van der Waals surface area contributed by atoms with Gasteiger partial charge in [0.1, 0.15) is 11.7 Å². The van der Waals surface area contributed by atoms with Gasteiger partial charge >= 0.3 is 12.3 Å². The number of nitrogens with one attached hydrogen (secondary N) is 1. The number of anilines is 1. The highest BCUT2D eigenvalue weighted by atomic mass is 32.2. The van der Waals surface area contributed by atoms with Gasteiger partial charge in [0.05, 0.1) is 7.11 Å². The van der Waals surface area contributed by atoms with Crippen molar-refractivity contribution in [3.8, 4) is 5.75 Å². The van der Waals surface area contributed by atoms with E-state index in [9.17, 15) is 40.0 Å². The highest BCUT2D eigenvalue weighted by Gasteiger charge is 2.66. The number of amides is 2. The van der Waals surface area contributed by atoms with Crippen LogP contribution in [0.2, 0.25) is 0 Å². The molecule has 42 heavy (non-hydrogen) atoms. The van der Waals surface area contributed by atoms with E-state index < -0.39 is 96.7 Å². The Hall–Kier alpha value is -3.53. The Morgan fingerprint density at radius 1 is 1.19 bits per heavy atom. The van der Waals surface area contributed by atoms with Gasteiger partial charge in [-0.05, 0) is 39.8 Å². The molecule has 0 radical (unpaired) electrons. The van der Waals surface area contributed by atoms with Crippen LogP contribution in [0.25, 0.3) is 0 Å². The van der Waals surface area contributed by atoms with Crippen molar-refractivity contribution in [3.05, 3.63) is 47.7 Å². The SMILES string of the molecule is [2H]C([2H])([2H])N(C(=O)OC(C)(C)C)S(=O)(=O)c1cc(NC(=O)[C@@H]2O[C@@](C)(C(F)(F)F)[C@@H](C)[C@H]2c2ccc(F)c(F)c2OC)ccn1. The minimum atomic E-state index is -5.27. The summed E-state index contributed by atoms with van der Waals surface area (Å²) in [6.45, 7) is 2.30. The third-order valence-corrected chi connectivity index (χ3v) is 8.02. The number of carbonyl (C=O) groups excluding carboxylic acids is 2. The van der Waals surface area contributed by atoms with E-state index in [-0.39, 0.29) is 5.56 Å². The van der Waals surface area contributed by atoms with Gasteiger partial charge in [-0.3, -0.25) is 4.79 Å². The Bertz CT molecular complexity index is 1590. The number of ether oxygens (including phenoxy) is 3. The number of hydrogen-bond acceptors (Lipinski definition) is 8. The highest BCUT2D eigenvalue weighted by Crippen LogP contribution is 2.55. The predicted molar refractivity (Wildman–Crippen MR) is 138 cm³/mol. The first-order chi connectivity index (χ1) is 20.4. The zero-order valence-corrected chi connectivity index (χ0v) is 24.0. The summed E-state index contributed by atoms with van der Waals surface area (Å²) in [6, 6.07) is 3.30. The number of aromatic nitrogens is 1. The summed E-state index contributed by atoms with van der Waals surface area (Å²) in [5.41, 5.74) is -4.97. The molecule has 1 aromatic heterocycles. The Kier molecular flexibility index (Phi) is 7.68. The number of carbonyl (C=O) groups is 2. The van der Waals surface area contributed by atoms with Gasteiger partial charge in [-0.1, -0.05) is 13.0 Å². The molecule has 0 unspecified atom stereocenters. The van der Waals surface area contributed by atoms with Gasteiger partial charge < -0.3 is 19.5 Å². The van der Waals surface area contributed by atoms with Crippen LogP contribution in [0.5, 0.6) is 5.75 Å². The maximum Gasteiger partial charge on any atom is 0.424 e. The minimum Gasteiger partial charge on any atom is -0.493 e. The van der Waals surface area contributed by atoms with Gasteiger partial charge in [0, 0.05) is 46.4 Å². The number of pyridine rings is 1. The first kappa shape index (κ1) is 28.6. The van der Waals surface area contributed by atoms with Crippen LogP contribution < -0.4 is 10.1 Å². The van der Waals surface area contributed by atoms with E-state index >= 15 is 0 Å². The number of rotatable bonds is 6. The molecule has 16 heteroatoms. The number of sulfonamides is 1. The van der Waals surface area contributed by atoms with Gasteiger partial charge in [0.25, 0.3) is 15.9 Å². The Morgan fingerprint density at radius 2 is 1.83 bits per heavy atom. The van der Waals surface area contributed by atoms with Crippen LogP contribution >= 0.6 is 0 Å². The number of alkyl halides is 3. The maximum atomic E-state index is 14.6. The zero-order valence-electron chi connectivity index (χ0n) is 26.2. The van der Waals surface area contributed by atoms with E-state index in [0.717, 1.165) is 32.4 Å². The molecule has 1 N–H and O–H groups in total. The smallest absolute Gasteiger partial charge is 0.424 e. The van der Waals surface area contributed by atoms with E-state index in [1.165, 1.54) is 20.8 Å². The fraction of sp³-hybridized carbons (Fsp3) is 0.500. The molecule has 10 nitrogen and oxygen atoms in total. The average Bonchev–Trinajstić information content (AvgIpc) is 3.15. The second-order valence-electron chi connectivity index (χ2n) is 10.6. The molecular weight excluding hydrogens is 593 g/mol. The fourth-order valence-corrected chi connectivity index (χ4v) is 5.27. The van der Waals surface area contributed by atoms with E-state index in [2.05, 4.69) is 10.3 Å². The van der Waals surface area contributed by atoms with Crippen LogP contribution in [0.3, 0.4) is 0 Å².